The lowest BCUT2D eigenvalue weighted by molar-refractivity contribution is -0.133. The van der Waals surface area contributed by atoms with Gasteiger partial charge < -0.3 is 24.4 Å². The summed E-state index contributed by atoms with van der Waals surface area (Å²) in [6, 6.07) is 14.4. The summed E-state index contributed by atoms with van der Waals surface area (Å²) in [5.74, 6) is -0.112. The smallest absolute Gasteiger partial charge is 0.335 e. The third-order valence-electron chi connectivity index (χ3n) is 9.45. The largest absolute Gasteiger partial charge is 0.478 e. The van der Waals surface area contributed by atoms with Crippen LogP contribution in [0.2, 0.25) is 0 Å². The molecule has 0 radical (unpaired) electrons. The molecule has 0 bridgehead atoms. The van der Waals surface area contributed by atoms with Crippen LogP contribution >= 0.6 is 0 Å². The molecule has 1 aliphatic carbocycles. The molecule has 3 heterocycles. The first-order valence-electron chi connectivity index (χ1n) is 15.3. The number of rotatable bonds is 7. The lowest BCUT2D eigenvalue weighted by Crippen LogP contribution is -2.48. The number of anilines is 1. The molecule has 1 N–H and O–H groups in total. The number of carbonyl (C=O) groups is 2. The minimum Gasteiger partial charge on any atom is -0.478 e. The fourth-order valence-electron chi connectivity index (χ4n) is 7.25. The molecule has 0 atom stereocenters. The second kappa shape index (κ2) is 11.7. The number of aromatic nitrogens is 1. The Morgan fingerprint density at radius 3 is 2.45 bits per heavy atom. The Morgan fingerprint density at radius 1 is 0.925 bits per heavy atom. The number of likely N-dealkylation sites (N-methyl/N-ethyl adjacent to an activating group) is 1. The van der Waals surface area contributed by atoms with Crippen molar-refractivity contribution in [3.63, 3.8) is 0 Å². The lowest BCUT2D eigenvalue weighted by Gasteiger charge is -2.34. The highest BCUT2D eigenvalue weighted by Crippen LogP contribution is 2.47. The highest BCUT2D eigenvalue weighted by Gasteiger charge is 2.30. The summed E-state index contributed by atoms with van der Waals surface area (Å²) in [6.07, 6.45) is 7.58. The van der Waals surface area contributed by atoms with Gasteiger partial charge in [-0.1, -0.05) is 50.5 Å². The average molecular weight is 543 g/mol. The van der Waals surface area contributed by atoms with E-state index in [0.717, 1.165) is 64.3 Å². The predicted octanol–water partition coefficient (Wildman–Crippen LogP) is 5.82. The summed E-state index contributed by atoms with van der Waals surface area (Å²) in [7, 11) is 0. The Bertz CT molecular complexity index is 1380. The molecule has 1 amide bonds. The third kappa shape index (κ3) is 5.12. The number of hydrogen-bond acceptors (Lipinski definition) is 4. The Labute approximate surface area is 237 Å². The highest BCUT2D eigenvalue weighted by molar-refractivity contribution is 5.99. The number of aromatic carboxylic acids is 1. The van der Waals surface area contributed by atoms with Crippen molar-refractivity contribution in [2.24, 2.45) is 0 Å². The predicted molar refractivity (Wildman–Crippen MR) is 160 cm³/mol. The van der Waals surface area contributed by atoms with E-state index in [-0.39, 0.29) is 5.91 Å². The maximum absolute atomic E-state index is 13.0. The molecular formula is C33H42N4O3. The topological polar surface area (TPSA) is 69.0 Å². The van der Waals surface area contributed by atoms with Crippen molar-refractivity contribution in [3.8, 4) is 11.3 Å². The average Bonchev–Trinajstić information content (AvgIpc) is 3.23. The zero-order valence-corrected chi connectivity index (χ0v) is 23.8. The van der Waals surface area contributed by atoms with E-state index >= 15 is 0 Å². The fourth-order valence-corrected chi connectivity index (χ4v) is 7.25. The zero-order chi connectivity index (χ0) is 27.6. The van der Waals surface area contributed by atoms with Crippen LogP contribution in [0, 0.1) is 0 Å². The molecule has 3 aromatic rings. The van der Waals surface area contributed by atoms with Gasteiger partial charge in [-0.15, -0.1) is 0 Å². The van der Waals surface area contributed by atoms with Crippen LogP contribution in [-0.2, 0) is 11.3 Å². The van der Waals surface area contributed by atoms with Gasteiger partial charge in [-0.25, -0.2) is 4.79 Å². The number of carboxylic acids is 1. The van der Waals surface area contributed by atoms with Gasteiger partial charge in [0.1, 0.15) is 0 Å². The van der Waals surface area contributed by atoms with E-state index in [4.69, 9.17) is 0 Å². The number of fused-ring (bicyclic) bond motifs is 5. The zero-order valence-electron chi connectivity index (χ0n) is 23.8. The molecule has 2 aliphatic heterocycles. The molecule has 40 heavy (non-hydrogen) atoms. The van der Waals surface area contributed by atoms with Crippen LogP contribution in [0.4, 0.5) is 5.69 Å². The molecule has 0 unspecified atom stereocenters. The summed E-state index contributed by atoms with van der Waals surface area (Å²) >= 11 is 0. The molecule has 0 spiro atoms. The quantitative estimate of drug-likeness (QED) is 0.408. The van der Waals surface area contributed by atoms with Crippen molar-refractivity contribution in [1.29, 1.82) is 0 Å². The van der Waals surface area contributed by atoms with Gasteiger partial charge in [0.2, 0.25) is 5.91 Å². The number of para-hydroxylation sites is 1. The van der Waals surface area contributed by atoms with Crippen LogP contribution < -0.4 is 4.90 Å². The van der Waals surface area contributed by atoms with Gasteiger partial charge in [-0.2, -0.15) is 0 Å². The second-order valence-corrected chi connectivity index (χ2v) is 11.7. The van der Waals surface area contributed by atoms with E-state index in [1.807, 2.05) is 11.0 Å². The molecule has 3 aliphatic rings. The van der Waals surface area contributed by atoms with E-state index in [0.29, 0.717) is 17.9 Å². The number of nitrogens with zero attached hydrogens (tertiary/aromatic N) is 4. The number of piperazine rings is 1. The molecule has 7 nitrogen and oxygen atoms in total. The molecule has 1 saturated carbocycles. The minimum absolute atomic E-state index is 0.275. The van der Waals surface area contributed by atoms with Crippen molar-refractivity contribution in [1.82, 2.24) is 14.4 Å². The first-order chi connectivity index (χ1) is 19.5. The minimum atomic E-state index is -0.881. The second-order valence-electron chi connectivity index (χ2n) is 11.7. The number of benzene rings is 2. The van der Waals surface area contributed by atoms with Crippen molar-refractivity contribution in [2.75, 3.05) is 50.7 Å². The van der Waals surface area contributed by atoms with Crippen molar-refractivity contribution in [2.45, 2.75) is 64.3 Å². The molecule has 6 rings (SSSR count). The highest BCUT2D eigenvalue weighted by atomic mass is 16.4. The maximum Gasteiger partial charge on any atom is 0.335 e. The fraction of sp³-hybridized carbons (Fsp3) is 0.515. The van der Waals surface area contributed by atoms with Crippen LogP contribution in [0.25, 0.3) is 22.2 Å². The van der Waals surface area contributed by atoms with Gasteiger partial charge in [-0.3, -0.25) is 4.79 Å². The number of amides is 1. The first-order valence-corrected chi connectivity index (χ1v) is 15.3. The van der Waals surface area contributed by atoms with Crippen molar-refractivity contribution >= 4 is 28.5 Å². The molecule has 7 heteroatoms. The van der Waals surface area contributed by atoms with Crippen LogP contribution in [0.3, 0.4) is 0 Å². The Kier molecular flexibility index (Phi) is 7.83. The number of hydrogen-bond donors (Lipinski definition) is 1. The van der Waals surface area contributed by atoms with E-state index < -0.39 is 5.97 Å². The molecular weight excluding hydrogens is 500 g/mol. The third-order valence-corrected chi connectivity index (χ3v) is 9.45. The van der Waals surface area contributed by atoms with Crippen LogP contribution in [0.1, 0.15) is 73.7 Å². The van der Waals surface area contributed by atoms with E-state index in [1.54, 1.807) is 6.07 Å². The summed E-state index contributed by atoms with van der Waals surface area (Å²) < 4.78 is 2.39. The molecule has 212 valence electrons. The number of carbonyl (C=O) groups excluding carboxylic acids is 1. The SMILES string of the molecule is CCN1CCN(C(=O)CCCN2CCn3c(c(C4CCCCC4)c4ccc(C(=O)O)cc43)-c3ccccc32)CC1. The van der Waals surface area contributed by atoms with Gasteiger partial charge >= 0.3 is 5.97 Å². The Morgan fingerprint density at radius 2 is 1.70 bits per heavy atom. The molecule has 1 saturated heterocycles. The van der Waals surface area contributed by atoms with Gasteiger partial charge in [0.15, 0.2) is 0 Å². The van der Waals surface area contributed by atoms with Crippen LogP contribution in [-0.4, -0.2) is 77.2 Å². The van der Waals surface area contributed by atoms with Crippen molar-refractivity contribution in [3.05, 3.63) is 53.6 Å². The van der Waals surface area contributed by atoms with Crippen molar-refractivity contribution < 1.29 is 14.7 Å². The lowest BCUT2D eigenvalue weighted by atomic mass is 9.81. The normalized spacial score (nSPS) is 18.4. The van der Waals surface area contributed by atoms with E-state index in [9.17, 15) is 14.7 Å². The summed E-state index contributed by atoms with van der Waals surface area (Å²) in [6.45, 7) is 9.31. The van der Waals surface area contributed by atoms with Gasteiger partial charge in [0, 0.05) is 74.4 Å². The molecule has 1 aromatic heterocycles. The Hall–Kier alpha value is -3.32. The van der Waals surface area contributed by atoms with Crippen LogP contribution in [0.15, 0.2) is 42.5 Å². The number of carboxylic acid groups (broad SMARTS) is 1. The maximum atomic E-state index is 13.0. The van der Waals surface area contributed by atoms with E-state index in [1.165, 1.54) is 60.0 Å². The summed E-state index contributed by atoms with van der Waals surface area (Å²) in [5, 5.41) is 11.0. The van der Waals surface area contributed by atoms with Crippen LogP contribution in [0.5, 0.6) is 0 Å². The van der Waals surface area contributed by atoms with Gasteiger partial charge in [0.25, 0.3) is 0 Å². The summed E-state index contributed by atoms with van der Waals surface area (Å²) in [5.41, 5.74) is 6.51. The first kappa shape index (κ1) is 26.9. The Balaban J connectivity index is 1.29. The van der Waals surface area contributed by atoms with E-state index in [2.05, 4.69) is 51.6 Å². The summed E-state index contributed by atoms with van der Waals surface area (Å²) in [4.78, 5) is 31.8. The monoisotopic (exact) mass is 542 g/mol. The standard InChI is InChI=1S/C33H42N4O3/c1-2-34-17-19-36(20-18-34)30(38)13-8-16-35-21-22-37-29-23-25(33(39)40)14-15-26(29)31(24-9-4-3-5-10-24)32(37)27-11-6-7-12-28(27)35/h6-7,11-12,14-15,23-24H,2-5,8-10,13,16-22H2,1H3,(H,39,40). The van der Waals surface area contributed by atoms with Gasteiger partial charge in [0.05, 0.1) is 11.3 Å². The molecule has 2 fully saturated rings. The molecule has 2 aromatic carbocycles. The van der Waals surface area contributed by atoms with Gasteiger partial charge in [-0.05, 0) is 55.5 Å².